The zero-order chi connectivity index (χ0) is 17.2. The molecule has 0 spiro atoms. The van der Waals surface area contributed by atoms with Crippen LogP contribution in [0.4, 0.5) is 13.2 Å². The molecule has 0 fully saturated rings. The maximum Gasteiger partial charge on any atom is 0.573 e. The number of nitrogens with one attached hydrogen (secondary N) is 2. The van der Waals surface area contributed by atoms with Crippen LogP contribution < -0.4 is 10.1 Å². The van der Waals surface area contributed by atoms with Gasteiger partial charge in [0.2, 0.25) is 0 Å². The minimum Gasteiger partial charge on any atom is -0.404 e. The SMILES string of the molecule is O=C(NCc1ccc2cc[nH]c2c1)c1ccc(OC(F)(F)F)cn1. The van der Waals surface area contributed by atoms with Gasteiger partial charge in [0.25, 0.3) is 5.91 Å². The number of amides is 1. The van der Waals surface area contributed by atoms with Crippen molar-refractivity contribution in [2.24, 2.45) is 0 Å². The van der Waals surface area contributed by atoms with E-state index < -0.39 is 18.0 Å². The number of halogens is 3. The Morgan fingerprint density at radius 3 is 2.75 bits per heavy atom. The van der Waals surface area contributed by atoms with Crippen molar-refractivity contribution in [1.82, 2.24) is 15.3 Å². The van der Waals surface area contributed by atoms with Crippen LogP contribution >= 0.6 is 0 Å². The molecule has 3 rings (SSSR count). The lowest BCUT2D eigenvalue weighted by atomic mass is 10.1. The molecule has 1 amide bonds. The van der Waals surface area contributed by atoms with Gasteiger partial charge in [-0.3, -0.25) is 4.79 Å². The van der Waals surface area contributed by atoms with Crippen LogP contribution in [0.15, 0.2) is 48.8 Å². The van der Waals surface area contributed by atoms with E-state index in [0.29, 0.717) is 0 Å². The molecule has 0 saturated heterocycles. The highest BCUT2D eigenvalue weighted by molar-refractivity contribution is 5.92. The largest absolute Gasteiger partial charge is 0.573 e. The summed E-state index contributed by atoms with van der Waals surface area (Å²) in [6.45, 7) is 0.274. The van der Waals surface area contributed by atoms with Crippen molar-refractivity contribution in [3.8, 4) is 5.75 Å². The van der Waals surface area contributed by atoms with Crippen LogP contribution in [0.2, 0.25) is 0 Å². The Labute approximate surface area is 134 Å². The molecule has 8 heteroatoms. The Morgan fingerprint density at radius 2 is 2.04 bits per heavy atom. The number of pyridine rings is 1. The number of aromatic nitrogens is 2. The number of ether oxygens (including phenoxy) is 1. The Morgan fingerprint density at radius 1 is 1.21 bits per heavy atom. The molecule has 2 N–H and O–H groups in total. The molecule has 1 aromatic carbocycles. The van der Waals surface area contributed by atoms with Gasteiger partial charge in [0, 0.05) is 18.3 Å². The highest BCUT2D eigenvalue weighted by Gasteiger charge is 2.31. The van der Waals surface area contributed by atoms with Gasteiger partial charge < -0.3 is 15.0 Å². The van der Waals surface area contributed by atoms with Crippen molar-refractivity contribution in [3.05, 3.63) is 60.0 Å². The van der Waals surface area contributed by atoms with Crippen LogP contribution in [-0.2, 0) is 6.54 Å². The smallest absolute Gasteiger partial charge is 0.404 e. The quantitative estimate of drug-likeness (QED) is 0.768. The first-order valence-corrected chi connectivity index (χ1v) is 6.97. The van der Waals surface area contributed by atoms with Crippen molar-refractivity contribution in [2.45, 2.75) is 12.9 Å². The van der Waals surface area contributed by atoms with E-state index in [9.17, 15) is 18.0 Å². The first kappa shape index (κ1) is 15.9. The lowest BCUT2D eigenvalue weighted by Crippen LogP contribution is -2.24. The topological polar surface area (TPSA) is 67.0 Å². The third-order valence-corrected chi connectivity index (χ3v) is 3.28. The number of hydrogen-bond donors (Lipinski definition) is 2. The van der Waals surface area contributed by atoms with Gasteiger partial charge in [-0.25, -0.2) is 4.98 Å². The van der Waals surface area contributed by atoms with E-state index in [1.54, 1.807) is 0 Å². The summed E-state index contributed by atoms with van der Waals surface area (Å²) in [4.78, 5) is 18.7. The fraction of sp³-hybridized carbons (Fsp3) is 0.125. The van der Waals surface area contributed by atoms with Crippen molar-refractivity contribution in [1.29, 1.82) is 0 Å². The molecule has 5 nitrogen and oxygen atoms in total. The van der Waals surface area contributed by atoms with Crippen LogP contribution in [0, 0.1) is 0 Å². The van der Waals surface area contributed by atoms with Gasteiger partial charge in [-0.1, -0.05) is 12.1 Å². The van der Waals surface area contributed by atoms with Crippen molar-refractivity contribution in [2.75, 3.05) is 0 Å². The molecule has 3 aromatic rings. The third kappa shape index (κ3) is 3.83. The molecule has 0 saturated carbocycles. The second-order valence-electron chi connectivity index (χ2n) is 5.01. The minimum absolute atomic E-state index is 0.00507. The molecule has 0 unspecified atom stereocenters. The normalized spacial score (nSPS) is 11.5. The molecule has 24 heavy (non-hydrogen) atoms. The van der Waals surface area contributed by atoms with Crippen LogP contribution in [0.3, 0.4) is 0 Å². The maximum absolute atomic E-state index is 12.1. The summed E-state index contributed by atoms with van der Waals surface area (Å²) < 4.78 is 39.9. The highest BCUT2D eigenvalue weighted by Crippen LogP contribution is 2.21. The van der Waals surface area contributed by atoms with Gasteiger partial charge in [0.15, 0.2) is 0 Å². The Bertz CT molecular complexity index is 857. The van der Waals surface area contributed by atoms with Gasteiger partial charge in [0.05, 0.1) is 6.20 Å². The molecule has 0 aliphatic heterocycles. The standard InChI is InChI=1S/C16H12F3N3O2/c17-16(18,19)24-12-3-4-13(21-9-12)15(23)22-8-10-1-2-11-5-6-20-14(11)7-10/h1-7,9,20H,8H2,(H,22,23). The zero-order valence-electron chi connectivity index (χ0n) is 12.2. The van der Waals surface area contributed by atoms with E-state index in [2.05, 4.69) is 20.0 Å². The summed E-state index contributed by atoms with van der Waals surface area (Å²) >= 11 is 0. The van der Waals surface area contributed by atoms with Gasteiger partial charge in [-0.05, 0) is 35.2 Å². The van der Waals surface area contributed by atoms with E-state index >= 15 is 0 Å². The number of aromatic amines is 1. The molecule has 2 heterocycles. The van der Waals surface area contributed by atoms with E-state index in [-0.39, 0.29) is 12.2 Å². The summed E-state index contributed by atoms with van der Waals surface area (Å²) in [7, 11) is 0. The zero-order valence-corrected chi connectivity index (χ0v) is 12.2. The minimum atomic E-state index is -4.79. The van der Waals surface area contributed by atoms with Crippen molar-refractivity contribution < 1.29 is 22.7 Å². The lowest BCUT2D eigenvalue weighted by molar-refractivity contribution is -0.274. The molecule has 0 atom stereocenters. The highest BCUT2D eigenvalue weighted by atomic mass is 19.4. The Balaban J connectivity index is 1.62. The van der Waals surface area contributed by atoms with Crippen LogP contribution in [0.1, 0.15) is 16.1 Å². The number of rotatable bonds is 4. The number of alkyl halides is 3. The summed E-state index contributed by atoms with van der Waals surface area (Å²) in [6.07, 6.45) is -2.11. The third-order valence-electron chi connectivity index (χ3n) is 3.28. The van der Waals surface area contributed by atoms with Crippen LogP contribution in [0.5, 0.6) is 5.75 Å². The first-order chi connectivity index (χ1) is 11.4. The second kappa shape index (κ2) is 6.23. The van der Waals surface area contributed by atoms with E-state index in [1.165, 1.54) is 6.07 Å². The molecular weight excluding hydrogens is 323 g/mol. The van der Waals surface area contributed by atoms with Gasteiger partial charge in [-0.2, -0.15) is 0 Å². The Hall–Kier alpha value is -3.03. The number of nitrogens with zero attached hydrogens (tertiary/aromatic N) is 1. The summed E-state index contributed by atoms with van der Waals surface area (Å²) in [5.74, 6) is -0.962. The average Bonchev–Trinajstić information content (AvgIpc) is 2.99. The molecule has 0 radical (unpaired) electrons. The fourth-order valence-corrected chi connectivity index (χ4v) is 2.19. The maximum atomic E-state index is 12.1. The van der Waals surface area contributed by atoms with E-state index in [1.807, 2.05) is 30.5 Å². The number of fused-ring (bicyclic) bond motifs is 1. The molecule has 124 valence electrons. The molecular formula is C16H12F3N3O2. The summed E-state index contributed by atoms with van der Waals surface area (Å²) in [6, 6.07) is 9.86. The van der Waals surface area contributed by atoms with Gasteiger partial charge in [0.1, 0.15) is 11.4 Å². The predicted molar refractivity (Wildman–Crippen MR) is 80.4 cm³/mol. The number of benzene rings is 1. The number of carbonyl (C=O) groups excluding carboxylic acids is 1. The monoisotopic (exact) mass is 335 g/mol. The van der Waals surface area contributed by atoms with Crippen molar-refractivity contribution >= 4 is 16.8 Å². The van der Waals surface area contributed by atoms with E-state index in [4.69, 9.17) is 0 Å². The summed E-state index contributed by atoms with van der Waals surface area (Å²) in [5, 5.41) is 3.72. The second-order valence-corrected chi connectivity index (χ2v) is 5.01. The summed E-state index contributed by atoms with van der Waals surface area (Å²) in [5.41, 5.74) is 1.84. The fourth-order valence-electron chi connectivity index (χ4n) is 2.19. The van der Waals surface area contributed by atoms with E-state index in [0.717, 1.165) is 28.7 Å². The molecule has 0 bridgehead atoms. The molecule has 0 aliphatic carbocycles. The van der Waals surface area contributed by atoms with Crippen LogP contribution in [-0.4, -0.2) is 22.2 Å². The molecule has 2 aromatic heterocycles. The van der Waals surface area contributed by atoms with Crippen LogP contribution in [0.25, 0.3) is 10.9 Å². The predicted octanol–water partition coefficient (Wildman–Crippen LogP) is 3.39. The first-order valence-electron chi connectivity index (χ1n) is 6.97. The lowest BCUT2D eigenvalue weighted by Gasteiger charge is -2.09. The number of hydrogen-bond acceptors (Lipinski definition) is 3. The van der Waals surface area contributed by atoms with Gasteiger partial charge >= 0.3 is 6.36 Å². The number of carbonyl (C=O) groups is 1. The average molecular weight is 335 g/mol. The van der Waals surface area contributed by atoms with Gasteiger partial charge in [-0.15, -0.1) is 13.2 Å². The molecule has 0 aliphatic rings. The van der Waals surface area contributed by atoms with Crippen molar-refractivity contribution in [3.63, 3.8) is 0 Å². The number of H-pyrrole nitrogens is 1. The Kier molecular flexibility index (Phi) is 4.11.